The molecule has 1 heterocycles. The second kappa shape index (κ2) is 3.37. The highest BCUT2D eigenvalue weighted by atomic mass is 31.2. The Labute approximate surface area is 68.6 Å². The number of aromatic nitrogens is 2. The van der Waals surface area contributed by atoms with Crippen LogP contribution >= 0.6 is 7.60 Å². The summed E-state index contributed by atoms with van der Waals surface area (Å²) in [5.41, 5.74) is 0. The predicted octanol–water partition coefficient (Wildman–Crippen LogP) is 0.0937. The normalized spacial score (nSPS) is 14.6. The number of hydrogen-bond donors (Lipinski definition) is 3. The summed E-state index contributed by atoms with van der Waals surface area (Å²) in [4.78, 5) is 21.0. The maximum atomic E-state index is 10.7. The van der Waals surface area contributed by atoms with Crippen LogP contribution in [0.2, 0.25) is 0 Å². The van der Waals surface area contributed by atoms with Crippen LogP contribution in [0.25, 0.3) is 0 Å². The molecule has 1 rings (SSSR count). The van der Waals surface area contributed by atoms with Gasteiger partial charge in [0.2, 0.25) is 0 Å². The van der Waals surface area contributed by atoms with Crippen molar-refractivity contribution in [2.24, 2.45) is 0 Å². The van der Waals surface area contributed by atoms with E-state index in [0.717, 1.165) is 4.57 Å². The molecule has 1 aromatic heterocycles. The molecule has 0 aromatic carbocycles. The van der Waals surface area contributed by atoms with Crippen molar-refractivity contribution >= 4 is 7.60 Å². The van der Waals surface area contributed by atoms with E-state index < -0.39 is 13.4 Å². The number of rotatable bonds is 3. The summed E-state index contributed by atoms with van der Waals surface area (Å²) < 4.78 is 11.8. The SMILES string of the molecule is O=P(O)(O)C([CH]O)n1ccnc1. The van der Waals surface area contributed by atoms with E-state index in [4.69, 9.17) is 14.9 Å². The van der Waals surface area contributed by atoms with Crippen LogP contribution in [0, 0.1) is 6.61 Å². The number of aliphatic hydroxyl groups is 1. The molecular formula is C5H8N2O4P. The van der Waals surface area contributed by atoms with Crippen LogP contribution in [0.3, 0.4) is 0 Å². The van der Waals surface area contributed by atoms with Gasteiger partial charge in [-0.1, -0.05) is 0 Å². The summed E-state index contributed by atoms with van der Waals surface area (Å²) in [5, 5.41) is 8.57. The molecule has 0 spiro atoms. The molecule has 0 saturated carbocycles. The van der Waals surface area contributed by atoms with Gasteiger partial charge in [0.05, 0.1) is 6.33 Å². The summed E-state index contributed by atoms with van der Waals surface area (Å²) in [6.45, 7) is 0.447. The first-order valence-electron chi connectivity index (χ1n) is 3.06. The van der Waals surface area contributed by atoms with Gasteiger partial charge >= 0.3 is 7.60 Å². The third kappa shape index (κ3) is 1.92. The first-order valence-corrected chi connectivity index (χ1v) is 4.74. The van der Waals surface area contributed by atoms with E-state index in [2.05, 4.69) is 4.98 Å². The Morgan fingerprint density at radius 1 is 1.58 bits per heavy atom. The number of nitrogens with zero attached hydrogens (tertiary/aromatic N) is 2. The van der Waals surface area contributed by atoms with Crippen molar-refractivity contribution in [2.75, 3.05) is 0 Å². The average molecular weight is 191 g/mol. The molecule has 0 amide bonds. The molecule has 6 nitrogen and oxygen atoms in total. The Balaban J connectivity index is 2.92. The Bertz CT molecular complexity index is 280. The van der Waals surface area contributed by atoms with Crippen LogP contribution < -0.4 is 0 Å². The second-order valence-electron chi connectivity index (χ2n) is 2.16. The van der Waals surface area contributed by atoms with Crippen LogP contribution in [-0.4, -0.2) is 24.4 Å². The molecule has 1 unspecified atom stereocenters. The third-order valence-corrected chi connectivity index (χ3v) is 2.40. The topological polar surface area (TPSA) is 95.6 Å². The van der Waals surface area contributed by atoms with E-state index in [1.54, 1.807) is 0 Å². The van der Waals surface area contributed by atoms with E-state index in [1.807, 2.05) is 0 Å². The van der Waals surface area contributed by atoms with Gasteiger partial charge in [0.15, 0.2) is 5.78 Å². The predicted molar refractivity (Wildman–Crippen MR) is 39.5 cm³/mol. The molecule has 1 radical (unpaired) electrons. The summed E-state index contributed by atoms with van der Waals surface area (Å²) in [6, 6.07) is 0. The van der Waals surface area contributed by atoms with Gasteiger partial charge in [-0.25, -0.2) is 4.98 Å². The van der Waals surface area contributed by atoms with Gasteiger partial charge < -0.3 is 19.5 Å². The molecular weight excluding hydrogens is 183 g/mol. The molecule has 0 aliphatic carbocycles. The van der Waals surface area contributed by atoms with Gasteiger partial charge in [0.25, 0.3) is 0 Å². The Hall–Kier alpha value is -0.680. The first-order chi connectivity index (χ1) is 5.55. The molecule has 7 heteroatoms. The summed E-state index contributed by atoms with van der Waals surface area (Å²) in [5.74, 6) is -1.35. The van der Waals surface area contributed by atoms with Gasteiger partial charge in [-0.2, -0.15) is 0 Å². The second-order valence-corrected chi connectivity index (χ2v) is 3.87. The number of hydrogen-bond acceptors (Lipinski definition) is 3. The fourth-order valence-electron chi connectivity index (χ4n) is 0.763. The lowest BCUT2D eigenvalue weighted by Crippen LogP contribution is -2.07. The van der Waals surface area contributed by atoms with Gasteiger partial charge in [-0.05, 0) is 0 Å². The van der Waals surface area contributed by atoms with Crippen molar-refractivity contribution in [1.82, 2.24) is 9.55 Å². The van der Waals surface area contributed by atoms with Crippen LogP contribution in [0.1, 0.15) is 5.78 Å². The van der Waals surface area contributed by atoms with E-state index in [1.165, 1.54) is 18.7 Å². The quantitative estimate of drug-likeness (QED) is 0.588. The first kappa shape index (κ1) is 9.41. The van der Waals surface area contributed by atoms with Crippen molar-refractivity contribution in [2.45, 2.75) is 5.78 Å². The van der Waals surface area contributed by atoms with Gasteiger partial charge in [-0.15, -0.1) is 0 Å². The zero-order valence-electron chi connectivity index (χ0n) is 5.98. The molecule has 12 heavy (non-hydrogen) atoms. The standard InChI is InChI=1S/C5H8N2O4P/c8-3-5(12(9,10)11)7-2-1-6-4-7/h1-5,8H,(H2,9,10,11). The molecule has 3 N–H and O–H groups in total. The van der Waals surface area contributed by atoms with Crippen LogP contribution in [-0.2, 0) is 4.57 Å². The minimum absolute atomic E-state index is 0.447. The monoisotopic (exact) mass is 191 g/mol. The summed E-state index contributed by atoms with van der Waals surface area (Å²) >= 11 is 0. The Morgan fingerprint density at radius 3 is 2.58 bits per heavy atom. The van der Waals surface area contributed by atoms with Crippen LogP contribution in [0.15, 0.2) is 18.7 Å². The van der Waals surface area contributed by atoms with Crippen molar-refractivity contribution in [3.63, 3.8) is 0 Å². The van der Waals surface area contributed by atoms with E-state index in [9.17, 15) is 4.57 Å². The van der Waals surface area contributed by atoms with E-state index >= 15 is 0 Å². The van der Waals surface area contributed by atoms with Crippen molar-refractivity contribution in [1.29, 1.82) is 0 Å². The maximum absolute atomic E-state index is 10.7. The van der Waals surface area contributed by atoms with Gasteiger partial charge in [0.1, 0.15) is 6.61 Å². The molecule has 0 aliphatic rings. The van der Waals surface area contributed by atoms with E-state index in [-0.39, 0.29) is 0 Å². The highest BCUT2D eigenvalue weighted by Crippen LogP contribution is 2.49. The third-order valence-electron chi connectivity index (χ3n) is 1.31. The zero-order chi connectivity index (χ0) is 9.19. The fraction of sp³-hybridized carbons (Fsp3) is 0.200. The molecule has 67 valence electrons. The molecule has 0 fully saturated rings. The smallest absolute Gasteiger partial charge is 0.350 e. The Morgan fingerprint density at radius 2 is 2.25 bits per heavy atom. The molecule has 0 saturated heterocycles. The van der Waals surface area contributed by atoms with Crippen LogP contribution in [0.5, 0.6) is 0 Å². The molecule has 0 aliphatic heterocycles. The lowest BCUT2D eigenvalue weighted by atomic mass is 10.6. The largest absolute Gasteiger partial charge is 0.387 e. The lowest BCUT2D eigenvalue weighted by molar-refractivity contribution is 0.298. The summed E-state index contributed by atoms with van der Waals surface area (Å²) in [6.07, 6.45) is 3.94. The highest BCUT2D eigenvalue weighted by Gasteiger charge is 2.29. The maximum Gasteiger partial charge on any atom is 0.350 e. The highest BCUT2D eigenvalue weighted by molar-refractivity contribution is 7.52. The minimum atomic E-state index is -4.35. The number of aliphatic hydroxyl groups excluding tert-OH is 1. The summed E-state index contributed by atoms with van der Waals surface area (Å²) in [7, 11) is -4.35. The lowest BCUT2D eigenvalue weighted by Gasteiger charge is -2.15. The van der Waals surface area contributed by atoms with E-state index in [0.29, 0.717) is 6.61 Å². The van der Waals surface area contributed by atoms with Crippen LogP contribution in [0.4, 0.5) is 0 Å². The van der Waals surface area contributed by atoms with Gasteiger partial charge in [-0.3, -0.25) is 4.57 Å². The Kier molecular flexibility index (Phi) is 2.64. The number of imidazole rings is 1. The average Bonchev–Trinajstić information content (AvgIpc) is 2.38. The van der Waals surface area contributed by atoms with Crippen molar-refractivity contribution in [3.8, 4) is 0 Å². The fourth-order valence-corrected chi connectivity index (χ4v) is 1.42. The minimum Gasteiger partial charge on any atom is -0.387 e. The van der Waals surface area contributed by atoms with Crippen molar-refractivity contribution in [3.05, 3.63) is 25.3 Å². The molecule has 1 atom stereocenters. The van der Waals surface area contributed by atoms with Gasteiger partial charge in [0, 0.05) is 12.4 Å². The zero-order valence-corrected chi connectivity index (χ0v) is 6.87. The molecule has 1 aromatic rings. The van der Waals surface area contributed by atoms with Crippen molar-refractivity contribution < 1.29 is 19.5 Å². The molecule has 0 bridgehead atoms.